The molecule has 0 amide bonds. The normalized spacial score (nSPS) is 15.8. The van der Waals surface area contributed by atoms with E-state index in [1.54, 1.807) is 0 Å². The van der Waals surface area contributed by atoms with Crippen molar-refractivity contribution in [1.82, 2.24) is 0 Å². The molecule has 4 aliphatic rings. The highest BCUT2D eigenvalue weighted by Crippen LogP contribution is 2.61. The Balaban J connectivity index is 1.05. The van der Waals surface area contributed by atoms with Gasteiger partial charge in [0.1, 0.15) is 0 Å². The van der Waals surface area contributed by atoms with Crippen LogP contribution in [-0.2, 0) is 10.8 Å². The molecule has 0 saturated heterocycles. The summed E-state index contributed by atoms with van der Waals surface area (Å²) >= 11 is 0. The van der Waals surface area contributed by atoms with Crippen LogP contribution in [0.1, 0.15) is 49.9 Å². The van der Waals surface area contributed by atoms with Crippen LogP contribution in [0.3, 0.4) is 0 Å². The van der Waals surface area contributed by atoms with E-state index in [1.165, 1.54) is 55.9 Å². The minimum Gasteiger partial charge on any atom is -0.453 e. The van der Waals surface area contributed by atoms with E-state index in [0.29, 0.717) is 0 Å². The quantitative estimate of drug-likeness (QED) is 0.182. The van der Waals surface area contributed by atoms with Crippen LogP contribution in [0, 0.1) is 0 Å². The summed E-state index contributed by atoms with van der Waals surface area (Å²) in [7, 11) is 0. The van der Waals surface area contributed by atoms with E-state index in [9.17, 15) is 0 Å². The Hall–Kier alpha value is -6.26. The average molecular weight is 673 g/mol. The monoisotopic (exact) mass is 672 g/mol. The maximum Gasteiger partial charge on any atom is 0.151 e. The SMILES string of the molecule is CC1(C)c2ccc(-c3cccc(-c4ccc5c(c4)N4c6ccccc6Oc6cccc(c64)C5(C)C)c3)cc2N2c3ccccc3Oc3cccc1c32. The maximum absolute atomic E-state index is 6.48. The second-order valence-electron chi connectivity index (χ2n) is 15.4. The molecule has 0 bridgehead atoms. The van der Waals surface area contributed by atoms with E-state index >= 15 is 0 Å². The molecule has 0 aromatic heterocycles. The lowest BCUT2D eigenvalue weighted by Crippen LogP contribution is -2.32. The van der Waals surface area contributed by atoms with Gasteiger partial charge in [0.15, 0.2) is 23.0 Å². The van der Waals surface area contributed by atoms with Gasteiger partial charge in [-0.2, -0.15) is 0 Å². The van der Waals surface area contributed by atoms with Gasteiger partial charge in [-0.25, -0.2) is 0 Å². The first-order valence-electron chi connectivity index (χ1n) is 18.1. The van der Waals surface area contributed by atoms with Gasteiger partial charge in [-0.3, -0.25) is 0 Å². The zero-order chi connectivity index (χ0) is 34.9. The number of hydrogen-bond donors (Lipinski definition) is 0. The molecule has 11 rings (SSSR count). The molecule has 0 unspecified atom stereocenters. The summed E-state index contributed by atoms with van der Waals surface area (Å²) in [5.41, 5.74) is 16.3. The lowest BCUT2D eigenvalue weighted by atomic mass is 9.72. The molecule has 0 fully saturated rings. The van der Waals surface area contributed by atoms with Gasteiger partial charge in [-0.15, -0.1) is 0 Å². The largest absolute Gasteiger partial charge is 0.453 e. The fraction of sp³-hybridized carbons (Fsp3) is 0.125. The van der Waals surface area contributed by atoms with E-state index in [4.69, 9.17) is 9.47 Å². The molecule has 4 nitrogen and oxygen atoms in total. The second-order valence-corrected chi connectivity index (χ2v) is 15.4. The van der Waals surface area contributed by atoms with Gasteiger partial charge in [0.05, 0.1) is 34.1 Å². The molecule has 0 saturated carbocycles. The van der Waals surface area contributed by atoms with Crippen molar-refractivity contribution in [3.63, 3.8) is 0 Å². The standard InChI is InChI=1S/C48H36N2O2/c1-47(2)33-24-22-31(27-39(33)49-37-16-5-7-18-41(37)51-43-20-10-14-35(47)45(43)49)29-12-9-13-30(26-29)32-23-25-34-40(28-32)50-38-17-6-8-19-42(38)52-44-21-11-15-36(46(44)50)48(34,3)4/h5-28H,1-4H3. The highest BCUT2D eigenvalue weighted by molar-refractivity contribution is 5.96. The first-order valence-corrected chi connectivity index (χ1v) is 18.1. The number of nitrogens with zero attached hydrogens (tertiary/aromatic N) is 2. The molecule has 0 spiro atoms. The van der Waals surface area contributed by atoms with E-state index in [0.717, 1.165) is 45.7 Å². The fourth-order valence-electron chi connectivity index (χ4n) is 9.13. The number of para-hydroxylation sites is 6. The van der Waals surface area contributed by atoms with Gasteiger partial charge in [-0.1, -0.05) is 119 Å². The minimum atomic E-state index is -0.194. The fourth-order valence-corrected chi connectivity index (χ4v) is 9.13. The van der Waals surface area contributed by atoms with Crippen LogP contribution in [0.2, 0.25) is 0 Å². The Bertz CT molecular complexity index is 2490. The van der Waals surface area contributed by atoms with Crippen LogP contribution in [0.5, 0.6) is 23.0 Å². The number of anilines is 6. The predicted octanol–water partition coefficient (Wildman–Crippen LogP) is 13.5. The van der Waals surface area contributed by atoms with Crippen LogP contribution in [0.25, 0.3) is 22.3 Å². The van der Waals surface area contributed by atoms with Crippen LogP contribution < -0.4 is 19.3 Å². The molecule has 0 N–H and O–H groups in total. The molecule has 7 aromatic rings. The lowest BCUT2D eigenvalue weighted by molar-refractivity contribution is 0.471. The lowest BCUT2D eigenvalue weighted by Gasteiger charge is -2.45. The van der Waals surface area contributed by atoms with Crippen molar-refractivity contribution in [1.29, 1.82) is 0 Å². The van der Waals surface area contributed by atoms with Crippen molar-refractivity contribution in [2.45, 2.75) is 38.5 Å². The van der Waals surface area contributed by atoms with E-state index in [1.807, 2.05) is 12.1 Å². The van der Waals surface area contributed by atoms with Gasteiger partial charge in [0.25, 0.3) is 0 Å². The molecular formula is C48H36N2O2. The summed E-state index contributed by atoms with van der Waals surface area (Å²) < 4.78 is 13.0. The molecule has 0 aliphatic carbocycles. The molecule has 52 heavy (non-hydrogen) atoms. The summed E-state index contributed by atoms with van der Waals surface area (Å²) in [4.78, 5) is 4.82. The molecule has 4 heteroatoms. The number of benzene rings is 7. The third-order valence-electron chi connectivity index (χ3n) is 11.8. The summed E-state index contributed by atoms with van der Waals surface area (Å²) in [6.45, 7) is 9.30. The predicted molar refractivity (Wildman–Crippen MR) is 211 cm³/mol. The molecule has 4 aliphatic heterocycles. The number of fused-ring (bicyclic) bond motifs is 8. The number of rotatable bonds is 2. The average Bonchev–Trinajstić information content (AvgIpc) is 3.17. The molecule has 0 radical (unpaired) electrons. The molecule has 4 heterocycles. The Kier molecular flexibility index (Phi) is 5.76. The summed E-state index contributed by atoms with van der Waals surface area (Å²) in [6, 6.07) is 52.6. The molecule has 7 aromatic carbocycles. The summed E-state index contributed by atoms with van der Waals surface area (Å²) in [5.74, 6) is 3.54. The van der Waals surface area contributed by atoms with Crippen molar-refractivity contribution in [2.75, 3.05) is 9.80 Å². The molecular weight excluding hydrogens is 637 g/mol. The topological polar surface area (TPSA) is 24.9 Å². The Morgan fingerprint density at radius 2 is 0.750 bits per heavy atom. The van der Waals surface area contributed by atoms with Crippen LogP contribution >= 0.6 is 0 Å². The van der Waals surface area contributed by atoms with Crippen LogP contribution in [0.4, 0.5) is 34.1 Å². The van der Waals surface area contributed by atoms with E-state index < -0.39 is 0 Å². The van der Waals surface area contributed by atoms with Crippen molar-refractivity contribution in [3.8, 4) is 45.3 Å². The zero-order valence-electron chi connectivity index (χ0n) is 29.6. The Morgan fingerprint density at radius 1 is 0.346 bits per heavy atom. The third kappa shape index (κ3) is 3.87. The van der Waals surface area contributed by atoms with Gasteiger partial charge in [0.2, 0.25) is 0 Å². The Morgan fingerprint density at radius 3 is 1.23 bits per heavy atom. The van der Waals surface area contributed by atoms with E-state index in [2.05, 4.69) is 171 Å². The van der Waals surface area contributed by atoms with Crippen molar-refractivity contribution < 1.29 is 9.47 Å². The van der Waals surface area contributed by atoms with Gasteiger partial charge in [-0.05, 0) is 99.1 Å². The van der Waals surface area contributed by atoms with Crippen molar-refractivity contribution in [3.05, 3.63) is 168 Å². The van der Waals surface area contributed by atoms with Gasteiger partial charge < -0.3 is 19.3 Å². The van der Waals surface area contributed by atoms with Gasteiger partial charge in [0, 0.05) is 10.8 Å². The third-order valence-corrected chi connectivity index (χ3v) is 11.8. The van der Waals surface area contributed by atoms with Crippen LogP contribution in [-0.4, -0.2) is 0 Å². The second kappa shape index (κ2) is 10.2. The van der Waals surface area contributed by atoms with Crippen LogP contribution in [0.15, 0.2) is 146 Å². The minimum absolute atomic E-state index is 0.194. The number of ether oxygens (including phenoxy) is 2. The van der Waals surface area contributed by atoms with Crippen molar-refractivity contribution >= 4 is 34.1 Å². The first-order chi connectivity index (χ1) is 25.3. The van der Waals surface area contributed by atoms with Crippen molar-refractivity contribution in [2.24, 2.45) is 0 Å². The Labute approximate surface area is 304 Å². The van der Waals surface area contributed by atoms with Gasteiger partial charge >= 0.3 is 0 Å². The molecule has 0 atom stereocenters. The maximum atomic E-state index is 6.48. The molecule has 250 valence electrons. The summed E-state index contributed by atoms with van der Waals surface area (Å²) in [6.07, 6.45) is 0. The van der Waals surface area contributed by atoms with E-state index in [-0.39, 0.29) is 10.8 Å². The highest BCUT2D eigenvalue weighted by atomic mass is 16.5. The first kappa shape index (κ1) is 29.5. The summed E-state index contributed by atoms with van der Waals surface area (Å²) in [5, 5.41) is 0. The zero-order valence-corrected chi connectivity index (χ0v) is 29.6. The smallest absolute Gasteiger partial charge is 0.151 e. The number of hydrogen-bond acceptors (Lipinski definition) is 4. The highest BCUT2D eigenvalue weighted by Gasteiger charge is 2.43.